The number of benzene rings is 1. The van der Waals surface area contributed by atoms with E-state index in [1.54, 1.807) is 16.9 Å². The lowest BCUT2D eigenvalue weighted by Crippen LogP contribution is -2.44. The summed E-state index contributed by atoms with van der Waals surface area (Å²) in [5.41, 5.74) is 2.50. The number of para-hydroxylation sites is 1. The predicted molar refractivity (Wildman–Crippen MR) is 113 cm³/mol. The van der Waals surface area contributed by atoms with Crippen LogP contribution in [0.15, 0.2) is 55.0 Å². The summed E-state index contributed by atoms with van der Waals surface area (Å²) in [5, 5.41) is 7.44. The molecule has 6 heteroatoms. The molecule has 0 aliphatic heterocycles. The third-order valence-electron chi connectivity index (χ3n) is 6.24. The second-order valence-electron chi connectivity index (χ2n) is 8.36. The Morgan fingerprint density at radius 3 is 2.62 bits per heavy atom. The van der Waals surface area contributed by atoms with E-state index in [0.29, 0.717) is 17.3 Å². The van der Waals surface area contributed by atoms with Crippen LogP contribution in [0.2, 0.25) is 0 Å². The maximum absolute atomic E-state index is 12.8. The van der Waals surface area contributed by atoms with E-state index in [9.17, 15) is 4.79 Å². The van der Waals surface area contributed by atoms with Gasteiger partial charge in [0, 0.05) is 36.7 Å². The van der Waals surface area contributed by atoms with E-state index in [2.05, 4.69) is 50.6 Å². The Balaban J connectivity index is 1.22. The van der Waals surface area contributed by atoms with Crippen LogP contribution in [0.1, 0.15) is 48.9 Å². The predicted octanol–water partition coefficient (Wildman–Crippen LogP) is 3.69. The van der Waals surface area contributed by atoms with Crippen molar-refractivity contribution in [1.29, 1.82) is 0 Å². The average Bonchev–Trinajstić information content (AvgIpc) is 3.49. The van der Waals surface area contributed by atoms with Crippen LogP contribution < -0.4 is 10.2 Å². The lowest BCUT2D eigenvalue weighted by atomic mass is 9.89. The molecule has 0 spiro atoms. The van der Waals surface area contributed by atoms with Gasteiger partial charge in [-0.15, -0.1) is 0 Å². The molecule has 150 valence electrons. The Hall–Kier alpha value is -2.89. The highest BCUT2D eigenvalue weighted by atomic mass is 16.1. The lowest BCUT2D eigenvalue weighted by molar-refractivity contribution is 0.0927. The standard InChI is InChI=1S/C23H27N5O/c29-23(21-15-25-28-14-4-13-24-22(21)28)26-18-9-11-20(12-10-18)27(16-17-7-8-17)19-5-2-1-3-6-19/h1-6,13-15,17-18,20H,7-12,16H2,(H,26,29). The molecule has 6 nitrogen and oxygen atoms in total. The highest BCUT2D eigenvalue weighted by molar-refractivity contribution is 5.99. The van der Waals surface area contributed by atoms with E-state index in [-0.39, 0.29) is 11.9 Å². The Bertz CT molecular complexity index is 973. The van der Waals surface area contributed by atoms with Crippen molar-refractivity contribution in [3.8, 4) is 0 Å². The van der Waals surface area contributed by atoms with Crippen molar-refractivity contribution >= 4 is 17.2 Å². The SMILES string of the molecule is O=C(NC1CCC(N(CC2CC2)c2ccccc2)CC1)c1cnn2cccnc12. The summed E-state index contributed by atoms with van der Waals surface area (Å²) in [5.74, 6) is 0.788. The Morgan fingerprint density at radius 1 is 1.07 bits per heavy atom. The molecule has 2 fully saturated rings. The molecular weight excluding hydrogens is 362 g/mol. The van der Waals surface area contributed by atoms with Crippen LogP contribution in [-0.4, -0.2) is 39.1 Å². The van der Waals surface area contributed by atoms with Gasteiger partial charge in [-0.2, -0.15) is 5.10 Å². The number of anilines is 1. The van der Waals surface area contributed by atoms with Crippen molar-refractivity contribution in [1.82, 2.24) is 19.9 Å². The molecule has 1 aromatic carbocycles. The van der Waals surface area contributed by atoms with Crippen LogP contribution in [-0.2, 0) is 0 Å². The molecular formula is C23H27N5O. The van der Waals surface area contributed by atoms with Crippen LogP contribution in [0.25, 0.3) is 5.65 Å². The molecule has 29 heavy (non-hydrogen) atoms. The van der Waals surface area contributed by atoms with Crippen molar-refractivity contribution < 1.29 is 4.79 Å². The van der Waals surface area contributed by atoms with E-state index in [1.165, 1.54) is 25.1 Å². The zero-order valence-electron chi connectivity index (χ0n) is 16.6. The third kappa shape index (κ3) is 3.97. The van der Waals surface area contributed by atoms with Crippen LogP contribution >= 0.6 is 0 Å². The van der Waals surface area contributed by atoms with Gasteiger partial charge in [-0.1, -0.05) is 18.2 Å². The molecule has 2 heterocycles. The fourth-order valence-corrected chi connectivity index (χ4v) is 4.45. The first-order valence-electron chi connectivity index (χ1n) is 10.7. The molecule has 1 N–H and O–H groups in total. The van der Waals surface area contributed by atoms with E-state index in [0.717, 1.165) is 31.6 Å². The van der Waals surface area contributed by atoms with Crippen molar-refractivity contribution in [3.05, 3.63) is 60.6 Å². The molecule has 5 rings (SSSR count). The van der Waals surface area contributed by atoms with Crippen molar-refractivity contribution in [2.75, 3.05) is 11.4 Å². The van der Waals surface area contributed by atoms with Gasteiger partial charge in [-0.3, -0.25) is 4.79 Å². The number of hydrogen-bond acceptors (Lipinski definition) is 4. The highest BCUT2D eigenvalue weighted by Gasteiger charge is 2.31. The van der Waals surface area contributed by atoms with Gasteiger partial charge in [0.1, 0.15) is 5.56 Å². The average molecular weight is 390 g/mol. The van der Waals surface area contributed by atoms with E-state index >= 15 is 0 Å². The smallest absolute Gasteiger partial charge is 0.256 e. The quantitative estimate of drug-likeness (QED) is 0.698. The molecule has 2 aromatic heterocycles. The molecule has 0 radical (unpaired) electrons. The Labute approximate surface area is 170 Å². The van der Waals surface area contributed by atoms with Crippen molar-refractivity contribution in [3.63, 3.8) is 0 Å². The molecule has 0 unspecified atom stereocenters. The lowest BCUT2D eigenvalue weighted by Gasteiger charge is -2.39. The largest absolute Gasteiger partial charge is 0.368 e. The minimum atomic E-state index is -0.0694. The molecule has 1 amide bonds. The maximum Gasteiger partial charge on any atom is 0.256 e. The maximum atomic E-state index is 12.8. The molecule has 2 saturated carbocycles. The number of carbonyl (C=O) groups is 1. The first-order valence-corrected chi connectivity index (χ1v) is 10.7. The van der Waals surface area contributed by atoms with Gasteiger partial charge in [0.05, 0.1) is 6.20 Å². The van der Waals surface area contributed by atoms with Gasteiger partial charge >= 0.3 is 0 Å². The molecule has 3 aromatic rings. The first kappa shape index (κ1) is 18.2. The van der Waals surface area contributed by atoms with Gasteiger partial charge in [-0.05, 0) is 62.6 Å². The summed E-state index contributed by atoms with van der Waals surface area (Å²) in [7, 11) is 0. The van der Waals surface area contributed by atoms with Gasteiger partial charge in [0.25, 0.3) is 5.91 Å². The Kier molecular flexibility index (Phi) is 4.92. The van der Waals surface area contributed by atoms with E-state index < -0.39 is 0 Å². The molecule has 0 saturated heterocycles. The topological polar surface area (TPSA) is 62.5 Å². The summed E-state index contributed by atoms with van der Waals surface area (Å²) in [6.07, 6.45) is 12.1. The number of hydrogen-bond donors (Lipinski definition) is 1. The van der Waals surface area contributed by atoms with Crippen LogP contribution in [0, 0.1) is 5.92 Å². The van der Waals surface area contributed by atoms with Crippen LogP contribution in [0.3, 0.4) is 0 Å². The molecule has 2 aliphatic rings. The van der Waals surface area contributed by atoms with Gasteiger partial charge < -0.3 is 10.2 Å². The summed E-state index contributed by atoms with van der Waals surface area (Å²) < 4.78 is 1.64. The van der Waals surface area contributed by atoms with Crippen molar-refractivity contribution in [2.24, 2.45) is 5.92 Å². The summed E-state index contributed by atoms with van der Waals surface area (Å²) in [6, 6.07) is 13.4. The van der Waals surface area contributed by atoms with Crippen molar-refractivity contribution in [2.45, 2.75) is 50.6 Å². The fraction of sp³-hybridized carbons (Fsp3) is 0.435. The Morgan fingerprint density at radius 2 is 1.86 bits per heavy atom. The normalized spacial score (nSPS) is 21.8. The number of amides is 1. The highest BCUT2D eigenvalue weighted by Crippen LogP contribution is 2.35. The summed E-state index contributed by atoms with van der Waals surface area (Å²) in [4.78, 5) is 19.7. The molecule has 2 aliphatic carbocycles. The van der Waals surface area contributed by atoms with E-state index in [1.807, 2.05) is 12.3 Å². The second-order valence-corrected chi connectivity index (χ2v) is 8.36. The molecule has 0 atom stereocenters. The number of carbonyl (C=O) groups excluding carboxylic acids is 1. The van der Waals surface area contributed by atoms with Crippen LogP contribution in [0.4, 0.5) is 5.69 Å². The summed E-state index contributed by atoms with van der Waals surface area (Å²) in [6.45, 7) is 1.17. The van der Waals surface area contributed by atoms with Gasteiger partial charge in [0.15, 0.2) is 5.65 Å². The number of nitrogens with one attached hydrogen (secondary N) is 1. The first-order chi connectivity index (χ1) is 14.3. The number of rotatable bonds is 6. The second kappa shape index (κ2) is 7.85. The number of nitrogens with zero attached hydrogens (tertiary/aromatic N) is 4. The third-order valence-corrected chi connectivity index (χ3v) is 6.24. The molecule has 0 bridgehead atoms. The number of aromatic nitrogens is 3. The minimum Gasteiger partial charge on any atom is -0.368 e. The van der Waals surface area contributed by atoms with Gasteiger partial charge in [-0.25, -0.2) is 9.50 Å². The number of fused-ring (bicyclic) bond motifs is 1. The van der Waals surface area contributed by atoms with Crippen LogP contribution in [0.5, 0.6) is 0 Å². The van der Waals surface area contributed by atoms with Gasteiger partial charge in [0.2, 0.25) is 0 Å². The minimum absolute atomic E-state index is 0.0694. The monoisotopic (exact) mass is 389 g/mol. The zero-order chi connectivity index (χ0) is 19.6. The summed E-state index contributed by atoms with van der Waals surface area (Å²) >= 11 is 0. The zero-order valence-corrected chi connectivity index (χ0v) is 16.6. The fourth-order valence-electron chi connectivity index (χ4n) is 4.45. The van der Waals surface area contributed by atoms with E-state index in [4.69, 9.17) is 0 Å².